The molecule has 0 spiro atoms. The first kappa shape index (κ1) is 11.9. The van der Waals surface area contributed by atoms with Crippen LogP contribution in [0.4, 0.5) is 0 Å². The number of rotatable bonds is 4. The lowest BCUT2D eigenvalue weighted by Crippen LogP contribution is -2.24. The second-order valence-corrected chi connectivity index (χ2v) is 5.71. The van der Waals surface area contributed by atoms with E-state index in [4.69, 9.17) is 0 Å². The number of hydrogen-bond donors (Lipinski definition) is 1. The number of aromatic nitrogens is 2. The largest absolute Gasteiger partial charge is 0.314 e. The third-order valence-electron chi connectivity index (χ3n) is 3.56. The molecule has 0 aliphatic carbocycles. The lowest BCUT2D eigenvalue weighted by atomic mass is 10.1. The monoisotopic (exact) mass is 263 g/mol. The van der Waals surface area contributed by atoms with Crippen molar-refractivity contribution in [1.82, 2.24) is 14.9 Å². The van der Waals surface area contributed by atoms with Gasteiger partial charge in [-0.25, -0.2) is 4.98 Å². The predicted molar refractivity (Wildman–Crippen MR) is 74.1 cm³/mol. The third-order valence-corrected chi connectivity index (χ3v) is 4.39. The lowest BCUT2D eigenvalue weighted by molar-refractivity contribution is 0.496. The van der Waals surface area contributed by atoms with E-state index in [2.05, 4.69) is 10.3 Å². The Morgan fingerprint density at radius 1 is 1.56 bits per heavy atom. The summed E-state index contributed by atoms with van der Waals surface area (Å²) in [5.41, 5.74) is 0.0978. The smallest absolute Gasteiger partial charge is 0.262 e. The molecule has 3 rings (SSSR count). The van der Waals surface area contributed by atoms with Crippen LogP contribution in [0.3, 0.4) is 0 Å². The van der Waals surface area contributed by atoms with Crippen molar-refractivity contribution < 1.29 is 0 Å². The highest BCUT2D eigenvalue weighted by atomic mass is 32.1. The number of aryl methyl sites for hydroxylation is 1. The van der Waals surface area contributed by atoms with Gasteiger partial charge in [-0.05, 0) is 43.7 Å². The molecule has 1 aliphatic rings. The molecule has 5 heteroatoms. The zero-order valence-corrected chi connectivity index (χ0v) is 11.1. The van der Waals surface area contributed by atoms with Gasteiger partial charge < -0.3 is 5.32 Å². The van der Waals surface area contributed by atoms with Gasteiger partial charge >= 0.3 is 0 Å². The van der Waals surface area contributed by atoms with E-state index in [1.54, 1.807) is 10.9 Å². The van der Waals surface area contributed by atoms with Crippen molar-refractivity contribution in [1.29, 1.82) is 0 Å². The highest BCUT2D eigenvalue weighted by Crippen LogP contribution is 2.14. The van der Waals surface area contributed by atoms with Gasteiger partial charge in [-0.15, -0.1) is 11.3 Å². The molecule has 2 aromatic rings. The molecule has 1 unspecified atom stereocenters. The molecule has 1 fully saturated rings. The van der Waals surface area contributed by atoms with E-state index in [9.17, 15) is 4.79 Å². The Hall–Kier alpha value is -1.20. The summed E-state index contributed by atoms with van der Waals surface area (Å²) in [6.45, 7) is 1.92. The van der Waals surface area contributed by atoms with Crippen LogP contribution in [-0.4, -0.2) is 22.1 Å². The molecule has 4 nitrogen and oxygen atoms in total. The van der Waals surface area contributed by atoms with Crippen molar-refractivity contribution in [2.45, 2.75) is 38.3 Å². The van der Waals surface area contributed by atoms with Crippen LogP contribution >= 0.6 is 11.3 Å². The summed E-state index contributed by atoms with van der Waals surface area (Å²) in [4.78, 5) is 17.3. The summed E-state index contributed by atoms with van der Waals surface area (Å²) in [7, 11) is 0. The Labute approximate surface area is 110 Å². The number of nitrogens with one attached hydrogen (secondary N) is 1. The fourth-order valence-corrected chi connectivity index (χ4v) is 3.29. The molecule has 0 saturated carbocycles. The molecule has 0 bridgehead atoms. The summed E-state index contributed by atoms with van der Waals surface area (Å²) >= 11 is 1.52. The van der Waals surface area contributed by atoms with Gasteiger partial charge in [-0.2, -0.15) is 0 Å². The van der Waals surface area contributed by atoms with Gasteiger partial charge in [0.05, 0.1) is 11.7 Å². The van der Waals surface area contributed by atoms with Gasteiger partial charge in [-0.1, -0.05) is 0 Å². The Morgan fingerprint density at radius 3 is 3.33 bits per heavy atom. The first-order chi connectivity index (χ1) is 8.84. The highest BCUT2D eigenvalue weighted by Gasteiger charge is 2.13. The standard InChI is InChI=1S/C13H17N3OS/c17-13-11-5-8-18-12(11)15-9-16(13)7-2-4-10-3-1-6-14-10/h5,8-10,14H,1-4,6-7H2. The molecule has 2 aromatic heterocycles. The van der Waals surface area contributed by atoms with Gasteiger partial charge in [0.15, 0.2) is 0 Å². The minimum Gasteiger partial charge on any atom is -0.314 e. The maximum absolute atomic E-state index is 12.1. The first-order valence-electron chi connectivity index (χ1n) is 6.50. The molecule has 0 amide bonds. The molecular formula is C13H17N3OS. The number of nitrogens with zero attached hydrogens (tertiary/aromatic N) is 2. The van der Waals surface area contributed by atoms with Gasteiger partial charge in [-0.3, -0.25) is 9.36 Å². The number of hydrogen-bond acceptors (Lipinski definition) is 4. The molecule has 1 atom stereocenters. The van der Waals surface area contributed by atoms with Crippen LogP contribution in [0, 0.1) is 0 Å². The van der Waals surface area contributed by atoms with E-state index < -0.39 is 0 Å². The average molecular weight is 263 g/mol. The molecule has 0 aromatic carbocycles. The van der Waals surface area contributed by atoms with Crippen LogP contribution in [0.5, 0.6) is 0 Å². The van der Waals surface area contributed by atoms with Gasteiger partial charge in [0.2, 0.25) is 0 Å². The molecular weight excluding hydrogens is 246 g/mol. The Balaban J connectivity index is 1.66. The minimum absolute atomic E-state index is 0.0978. The normalized spacial score (nSPS) is 19.7. The number of thiophene rings is 1. The van der Waals surface area contributed by atoms with Crippen LogP contribution in [0.2, 0.25) is 0 Å². The lowest BCUT2D eigenvalue weighted by Gasteiger charge is -2.10. The molecule has 3 heterocycles. The zero-order valence-electron chi connectivity index (χ0n) is 10.3. The van der Waals surface area contributed by atoms with Gasteiger partial charge in [0.1, 0.15) is 4.83 Å². The maximum atomic E-state index is 12.1. The average Bonchev–Trinajstić information content (AvgIpc) is 3.02. The maximum Gasteiger partial charge on any atom is 0.262 e. The van der Waals surface area contributed by atoms with Crippen molar-refractivity contribution >= 4 is 21.6 Å². The van der Waals surface area contributed by atoms with Crippen LogP contribution in [0.15, 0.2) is 22.6 Å². The van der Waals surface area contributed by atoms with E-state index >= 15 is 0 Å². The molecule has 96 valence electrons. The Kier molecular flexibility index (Phi) is 3.43. The Morgan fingerprint density at radius 2 is 2.50 bits per heavy atom. The Bertz CT molecular complexity index is 583. The van der Waals surface area contributed by atoms with Crippen molar-refractivity contribution in [3.8, 4) is 0 Å². The summed E-state index contributed by atoms with van der Waals surface area (Å²) in [6.07, 6.45) is 6.43. The van der Waals surface area contributed by atoms with E-state index in [0.717, 1.165) is 36.1 Å². The fraction of sp³-hybridized carbons (Fsp3) is 0.538. The van der Waals surface area contributed by atoms with E-state index in [-0.39, 0.29) is 5.56 Å². The number of fused-ring (bicyclic) bond motifs is 1. The summed E-state index contributed by atoms with van der Waals surface area (Å²) in [6, 6.07) is 2.52. The van der Waals surface area contributed by atoms with E-state index in [0.29, 0.717) is 6.04 Å². The van der Waals surface area contributed by atoms with E-state index in [1.165, 1.54) is 24.2 Å². The van der Waals surface area contributed by atoms with Crippen LogP contribution < -0.4 is 10.9 Å². The summed E-state index contributed by atoms with van der Waals surface area (Å²) in [5.74, 6) is 0. The first-order valence-corrected chi connectivity index (χ1v) is 7.38. The molecule has 1 saturated heterocycles. The van der Waals surface area contributed by atoms with Crippen molar-refractivity contribution in [2.24, 2.45) is 0 Å². The molecule has 18 heavy (non-hydrogen) atoms. The van der Waals surface area contributed by atoms with Crippen molar-refractivity contribution in [3.05, 3.63) is 28.1 Å². The zero-order chi connectivity index (χ0) is 12.4. The summed E-state index contributed by atoms with van der Waals surface area (Å²) in [5, 5.41) is 6.16. The van der Waals surface area contributed by atoms with Gasteiger partial charge in [0, 0.05) is 12.6 Å². The minimum atomic E-state index is 0.0978. The van der Waals surface area contributed by atoms with Crippen molar-refractivity contribution in [2.75, 3.05) is 6.54 Å². The quantitative estimate of drug-likeness (QED) is 0.917. The van der Waals surface area contributed by atoms with Crippen molar-refractivity contribution in [3.63, 3.8) is 0 Å². The predicted octanol–water partition coefficient (Wildman–Crippen LogP) is 1.99. The topological polar surface area (TPSA) is 46.9 Å². The SMILES string of the molecule is O=c1c2ccsc2ncn1CCCC1CCCN1. The van der Waals surface area contributed by atoms with E-state index in [1.807, 2.05) is 11.4 Å². The summed E-state index contributed by atoms with van der Waals surface area (Å²) < 4.78 is 1.74. The second-order valence-electron chi connectivity index (χ2n) is 4.82. The molecule has 0 radical (unpaired) electrons. The molecule has 1 N–H and O–H groups in total. The fourth-order valence-electron chi connectivity index (χ4n) is 2.56. The second kappa shape index (κ2) is 5.20. The van der Waals surface area contributed by atoms with Gasteiger partial charge in [0.25, 0.3) is 5.56 Å². The highest BCUT2D eigenvalue weighted by molar-refractivity contribution is 7.16. The van der Waals surface area contributed by atoms with Crippen LogP contribution in [0.1, 0.15) is 25.7 Å². The third kappa shape index (κ3) is 2.33. The van der Waals surface area contributed by atoms with Crippen LogP contribution in [0.25, 0.3) is 10.2 Å². The molecule has 1 aliphatic heterocycles. The van der Waals surface area contributed by atoms with Crippen LogP contribution in [-0.2, 0) is 6.54 Å².